The highest BCUT2D eigenvalue weighted by atomic mass is 16.4. The first-order chi connectivity index (χ1) is 7.96. The number of benzene rings is 1. The van der Waals surface area contributed by atoms with Crippen molar-refractivity contribution in [3.8, 4) is 0 Å². The molecule has 1 saturated carbocycles. The number of anilines is 1. The van der Waals surface area contributed by atoms with Gasteiger partial charge < -0.3 is 10.4 Å². The highest BCUT2D eigenvalue weighted by Gasteiger charge is 2.68. The fraction of sp³-hybridized carbons (Fsp3) is 0.385. The molecule has 2 aliphatic rings. The van der Waals surface area contributed by atoms with Gasteiger partial charge in [0.15, 0.2) is 0 Å². The molecule has 2 atom stereocenters. The van der Waals surface area contributed by atoms with Crippen LogP contribution >= 0.6 is 0 Å². The van der Waals surface area contributed by atoms with Gasteiger partial charge in [0.2, 0.25) is 5.91 Å². The van der Waals surface area contributed by atoms with E-state index < -0.39 is 17.3 Å². The Morgan fingerprint density at radius 3 is 2.76 bits per heavy atom. The summed E-state index contributed by atoms with van der Waals surface area (Å²) in [5.41, 5.74) is 2.96. The Balaban J connectivity index is 2.19. The number of carbonyl (C=O) groups is 2. The largest absolute Gasteiger partial charge is 0.481 e. The average molecular weight is 231 g/mol. The van der Waals surface area contributed by atoms with Gasteiger partial charge in [0.1, 0.15) is 0 Å². The zero-order valence-corrected chi connectivity index (χ0v) is 9.70. The van der Waals surface area contributed by atoms with E-state index in [1.54, 1.807) is 0 Å². The molecule has 4 nitrogen and oxygen atoms in total. The van der Waals surface area contributed by atoms with Gasteiger partial charge in [0.25, 0.3) is 0 Å². The molecule has 1 amide bonds. The monoisotopic (exact) mass is 231 g/mol. The number of carboxylic acid groups (broad SMARTS) is 1. The lowest BCUT2D eigenvalue weighted by molar-refractivity contribution is -0.140. The predicted molar refractivity (Wildman–Crippen MR) is 62.0 cm³/mol. The standard InChI is InChI=1S/C13H13NO3/c1-6-3-7(2)10-9(4-6)14-12(17)13(10)5-8(13)11(15)16/h3-4,8H,5H2,1-2H3,(H,14,17)(H,15,16). The molecule has 1 aliphatic carbocycles. The maximum Gasteiger partial charge on any atom is 0.307 e. The molecule has 0 aromatic heterocycles. The van der Waals surface area contributed by atoms with Crippen molar-refractivity contribution in [3.63, 3.8) is 0 Å². The Bertz CT molecular complexity index is 564. The van der Waals surface area contributed by atoms with Crippen molar-refractivity contribution in [2.75, 3.05) is 5.32 Å². The number of fused-ring (bicyclic) bond motifs is 2. The van der Waals surface area contributed by atoms with E-state index in [9.17, 15) is 9.59 Å². The molecule has 1 aromatic carbocycles. The van der Waals surface area contributed by atoms with E-state index >= 15 is 0 Å². The van der Waals surface area contributed by atoms with Crippen LogP contribution in [0.3, 0.4) is 0 Å². The van der Waals surface area contributed by atoms with Crippen LogP contribution in [0, 0.1) is 19.8 Å². The number of aliphatic carboxylic acids is 1. The van der Waals surface area contributed by atoms with Crippen LogP contribution in [0.2, 0.25) is 0 Å². The van der Waals surface area contributed by atoms with Gasteiger partial charge in [-0.1, -0.05) is 6.07 Å². The highest BCUT2D eigenvalue weighted by molar-refractivity contribution is 6.12. The van der Waals surface area contributed by atoms with E-state index in [-0.39, 0.29) is 5.91 Å². The maximum atomic E-state index is 12.0. The van der Waals surface area contributed by atoms with E-state index in [2.05, 4.69) is 5.32 Å². The summed E-state index contributed by atoms with van der Waals surface area (Å²) in [5.74, 6) is -1.60. The summed E-state index contributed by atoms with van der Waals surface area (Å²) in [4.78, 5) is 23.1. The third-order valence-electron chi connectivity index (χ3n) is 3.84. The lowest BCUT2D eigenvalue weighted by atomic mass is 9.90. The molecule has 0 radical (unpaired) electrons. The van der Waals surface area contributed by atoms with E-state index in [4.69, 9.17) is 5.11 Å². The molecule has 2 unspecified atom stereocenters. The van der Waals surface area contributed by atoms with Crippen molar-refractivity contribution >= 4 is 17.6 Å². The average Bonchev–Trinajstić information content (AvgIpc) is 2.86. The molecule has 2 N–H and O–H groups in total. The zero-order valence-electron chi connectivity index (χ0n) is 9.70. The second kappa shape index (κ2) is 2.88. The molecule has 3 rings (SSSR count). The van der Waals surface area contributed by atoms with Crippen LogP contribution in [0.5, 0.6) is 0 Å². The van der Waals surface area contributed by atoms with E-state index in [0.29, 0.717) is 6.42 Å². The fourth-order valence-electron chi connectivity index (χ4n) is 3.09. The van der Waals surface area contributed by atoms with Crippen LogP contribution < -0.4 is 5.32 Å². The minimum absolute atomic E-state index is 0.159. The van der Waals surface area contributed by atoms with Crippen molar-refractivity contribution in [2.45, 2.75) is 25.7 Å². The first kappa shape index (κ1) is 10.3. The van der Waals surface area contributed by atoms with Gasteiger partial charge in [-0.25, -0.2) is 0 Å². The molecule has 1 spiro atoms. The number of aryl methyl sites for hydroxylation is 2. The van der Waals surface area contributed by atoms with Crippen LogP contribution in [0.15, 0.2) is 12.1 Å². The van der Waals surface area contributed by atoms with Gasteiger partial charge in [-0.3, -0.25) is 9.59 Å². The normalized spacial score (nSPS) is 29.1. The minimum atomic E-state index is -0.882. The Labute approximate surface area is 98.6 Å². The lowest BCUT2D eigenvalue weighted by Crippen LogP contribution is -2.24. The molecule has 0 bridgehead atoms. The predicted octanol–water partition coefficient (Wildman–Crippen LogP) is 1.60. The van der Waals surface area contributed by atoms with Crippen LogP contribution in [-0.2, 0) is 15.0 Å². The van der Waals surface area contributed by atoms with Gasteiger partial charge in [0.05, 0.1) is 11.3 Å². The second-order valence-electron chi connectivity index (χ2n) is 5.02. The number of carbonyl (C=O) groups excluding carboxylic acids is 1. The maximum absolute atomic E-state index is 12.0. The van der Waals surface area contributed by atoms with E-state index in [1.165, 1.54) is 0 Å². The lowest BCUT2D eigenvalue weighted by Gasteiger charge is -2.10. The molecule has 1 heterocycles. The molecular weight excluding hydrogens is 218 g/mol. The summed E-state index contributed by atoms with van der Waals surface area (Å²) in [6, 6.07) is 3.91. The zero-order chi connectivity index (χ0) is 12.4. The molecular formula is C13H13NO3. The summed E-state index contributed by atoms with van der Waals surface area (Å²) >= 11 is 0. The summed E-state index contributed by atoms with van der Waals surface area (Å²) in [5, 5.41) is 11.9. The summed E-state index contributed by atoms with van der Waals surface area (Å²) in [6.45, 7) is 3.90. The van der Waals surface area contributed by atoms with Crippen molar-refractivity contribution in [3.05, 3.63) is 28.8 Å². The molecule has 1 fully saturated rings. The number of carboxylic acids is 1. The third kappa shape index (κ3) is 1.12. The van der Waals surface area contributed by atoms with E-state index in [1.807, 2.05) is 26.0 Å². The Morgan fingerprint density at radius 2 is 2.18 bits per heavy atom. The van der Waals surface area contributed by atoms with Gasteiger partial charge in [-0.15, -0.1) is 0 Å². The smallest absolute Gasteiger partial charge is 0.307 e. The fourth-order valence-corrected chi connectivity index (χ4v) is 3.09. The van der Waals surface area contributed by atoms with Gasteiger partial charge in [0, 0.05) is 5.69 Å². The summed E-state index contributed by atoms with van der Waals surface area (Å²) < 4.78 is 0. The Hall–Kier alpha value is -1.84. The highest BCUT2D eigenvalue weighted by Crippen LogP contribution is 2.61. The van der Waals surface area contributed by atoms with Crippen molar-refractivity contribution in [1.82, 2.24) is 0 Å². The van der Waals surface area contributed by atoms with Crippen molar-refractivity contribution in [1.29, 1.82) is 0 Å². The minimum Gasteiger partial charge on any atom is -0.481 e. The van der Waals surface area contributed by atoms with Crippen LogP contribution in [0.4, 0.5) is 5.69 Å². The van der Waals surface area contributed by atoms with Gasteiger partial charge >= 0.3 is 5.97 Å². The van der Waals surface area contributed by atoms with Crippen LogP contribution in [0.25, 0.3) is 0 Å². The van der Waals surface area contributed by atoms with E-state index in [0.717, 1.165) is 22.4 Å². The molecule has 4 heteroatoms. The quantitative estimate of drug-likeness (QED) is 0.771. The summed E-state index contributed by atoms with van der Waals surface area (Å²) in [7, 11) is 0. The molecule has 1 aromatic rings. The van der Waals surface area contributed by atoms with Crippen LogP contribution in [-0.4, -0.2) is 17.0 Å². The second-order valence-corrected chi connectivity index (χ2v) is 5.02. The van der Waals surface area contributed by atoms with Crippen molar-refractivity contribution < 1.29 is 14.7 Å². The number of amides is 1. The first-order valence-corrected chi connectivity index (χ1v) is 5.63. The Kier molecular flexibility index (Phi) is 1.75. The number of rotatable bonds is 1. The first-order valence-electron chi connectivity index (χ1n) is 5.63. The third-order valence-corrected chi connectivity index (χ3v) is 3.84. The molecule has 0 saturated heterocycles. The SMILES string of the molecule is Cc1cc(C)c2c(c1)NC(=O)C21CC1C(=O)O. The molecule has 1 aliphatic heterocycles. The number of hydrogen-bond donors (Lipinski definition) is 2. The molecule has 88 valence electrons. The van der Waals surface area contributed by atoms with Crippen molar-refractivity contribution in [2.24, 2.45) is 5.92 Å². The number of nitrogens with one attached hydrogen (secondary N) is 1. The summed E-state index contributed by atoms with van der Waals surface area (Å²) in [6.07, 6.45) is 0.422. The Morgan fingerprint density at radius 1 is 1.47 bits per heavy atom. The number of hydrogen-bond acceptors (Lipinski definition) is 2. The van der Waals surface area contributed by atoms with Gasteiger partial charge in [-0.05, 0) is 43.0 Å². The van der Waals surface area contributed by atoms with Crippen LogP contribution in [0.1, 0.15) is 23.1 Å². The van der Waals surface area contributed by atoms with Gasteiger partial charge in [-0.2, -0.15) is 0 Å². The topological polar surface area (TPSA) is 66.4 Å². The molecule has 17 heavy (non-hydrogen) atoms.